The van der Waals surface area contributed by atoms with Crippen LogP contribution in [0.1, 0.15) is 28.4 Å². The highest BCUT2D eigenvalue weighted by atomic mass is 16.7. The second-order valence-electron chi connectivity index (χ2n) is 6.40. The Morgan fingerprint density at radius 2 is 1.96 bits per heavy atom. The third kappa shape index (κ3) is 2.82. The first-order valence-corrected chi connectivity index (χ1v) is 8.70. The number of carbonyl (C=O) groups is 2. The van der Waals surface area contributed by atoms with Gasteiger partial charge in [0.25, 0.3) is 11.9 Å². The van der Waals surface area contributed by atoms with E-state index in [2.05, 4.69) is 20.7 Å². The number of nitrogens with one attached hydrogen (secondary N) is 2. The number of nitrogens with zero attached hydrogens (tertiary/aromatic N) is 3. The highest BCUT2D eigenvalue weighted by Crippen LogP contribution is 2.33. The van der Waals surface area contributed by atoms with Crippen molar-refractivity contribution in [3.05, 3.63) is 59.7 Å². The number of aromatic nitrogens is 3. The molecule has 0 fully saturated rings. The Balaban J connectivity index is 1.42. The minimum absolute atomic E-state index is 0.112. The summed E-state index contributed by atoms with van der Waals surface area (Å²) in [5.74, 6) is 0.986. The van der Waals surface area contributed by atoms with Crippen molar-refractivity contribution in [1.82, 2.24) is 14.8 Å². The Morgan fingerprint density at radius 1 is 1.14 bits per heavy atom. The van der Waals surface area contributed by atoms with E-state index in [1.807, 2.05) is 30.3 Å². The summed E-state index contributed by atoms with van der Waals surface area (Å²) in [5.41, 5.74) is 1.33. The Bertz CT molecular complexity index is 1080. The quantitative estimate of drug-likeness (QED) is 0.725. The van der Waals surface area contributed by atoms with Gasteiger partial charge in [-0.15, -0.1) is 5.10 Å². The summed E-state index contributed by atoms with van der Waals surface area (Å²) in [6, 6.07) is 14.2. The maximum atomic E-state index is 12.6. The molecule has 140 valence electrons. The van der Waals surface area contributed by atoms with Gasteiger partial charge in [-0.3, -0.25) is 20.2 Å². The van der Waals surface area contributed by atoms with Crippen molar-refractivity contribution >= 4 is 23.7 Å². The van der Waals surface area contributed by atoms with E-state index in [4.69, 9.17) is 9.47 Å². The van der Waals surface area contributed by atoms with Crippen molar-refractivity contribution < 1.29 is 19.1 Å². The van der Waals surface area contributed by atoms with E-state index in [0.29, 0.717) is 23.0 Å². The Morgan fingerprint density at radius 3 is 2.82 bits per heavy atom. The zero-order chi connectivity index (χ0) is 19.1. The van der Waals surface area contributed by atoms with Crippen LogP contribution in [0, 0.1) is 0 Å². The van der Waals surface area contributed by atoms with E-state index < -0.39 is 0 Å². The standard InChI is InChI=1S/C19H15N5O4/c25-16-9-13(11-4-2-1-3-5-11)24-19(20-16)22-18(23-24)21-17(26)12-6-7-14-15(8-12)28-10-27-14/h1-8,13H,9-10H2,(H2,20,21,22,23,25,26). The lowest BCUT2D eigenvalue weighted by atomic mass is 10.0. The third-order valence-electron chi connectivity index (χ3n) is 4.60. The first-order chi connectivity index (χ1) is 13.7. The van der Waals surface area contributed by atoms with Gasteiger partial charge >= 0.3 is 0 Å². The molecule has 2 aromatic carbocycles. The van der Waals surface area contributed by atoms with Crippen molar-refractivity contribution in [1.29, 1.82) is 0 Å². The zero-order valence-electron chi connectivity index (χ0n) is 14.6. The van der Waals surface area contributed by atoms with E-state index in [9.17, 15) is 9.59 Å². The molecule has 0 saturated carbocycles. The lowest BCUT2D eigenvalue weighted by molar-refractivity contribution is -0.117. The number of benzene rings is 2. The molecular weight excluding hydrogens is 362 g/mol. The number of hydrogen-bond acceptors (Lipinski definition) is 6. The van der Waals surface area contributed by atoms with E-state index in [0.717, 1.165) is 5.56 Å². The van der Waals surface area contributed by atoms with Gasteiger partial charge in [-0.05, 0) is 23.8 Å². The molecule has 2 amide bonds. The molecule has 3 heterocycles. The molecule has 1 aromatic heterocycles. The normalized spacial score (nSPS) is 17.0. The van der Waals surface area contributed by atoms with Crippen molar-refractivity contribution in [3.8, 4) is 11.5 Å². The second-order valence-corrected chi connectivity index (χ2v) is 6.40. The monoisotopic (exact) mass is 377 g/mol. The summed E-state index contributed by atoms with van der Waals surface area (Å²) in [6.45, 7) is 0.135. The molecule has 0 saturated heterocycles. The van der Waals surface area contributed by atoms with Crippen molar-refractivity contribution in [3.63, 3.8) is 0 Å². The van der Waals surface area contributed by atoms with Gasteiger partial charge in [0.15, 0.2) is 11.5 Å². The van der Waals surface area contributed by atoms with Gasteiger partial charge in [0.05, 0.1) is 12.5 Å². The van der Waals surface area contributed by atoms with Crippen LogP contribution in [-0.2, 0) is 4.79 Å². The summed E-state index contributed by atoms with van der Waals surface area (Å²) < 4.78 is 12.2. The van der Waals surface area contributed by atoms with Crippen LogP contribution in [0.2, 0.25) is 0 Å². The second kappa shape index (κ2) is 6.38. The first-order valence-electron chi connectivity index (χ1n) is 8.70. The largest absolute Gasteiger partial charge is 0.454 e. The van der Waals surface area contributed by atoms with Crippen LogP contribution < -0.4 is 20.1 Å². The van der Waals surface area contributed by atoms with Gasteiger partial charge in [0.1, 0.15) is 0 Å². The number of anilines is 2. The summed E-state index contributed by atoms with van der Waals surface area (Å²) in [7, 11) is 0. The van der Waals surface area contributed by atoms with Crippen LogP contribution in [0.5, 0.6) is 11.5 Å². The van der Waals surface area contributed by atoms with Crippen molar-refractivity contribution in [2.24, 2.45) is 0 Å². The molecule has 2 aliphatic heterocycles. The molecule has 3 aromatic rings. The Hall–Kier alpha value is -3.88. The number of rotatable bonds is 3. The van der Waals surface area contributed by atoms with Crippen LogP contribution in [0.15, 0.2) is 48.5 Å². The topological polar surface area (TPSA) is 107 Å². The number of amides is 2. The third-order valence-corrected chi connectivity index (χ3v) is 4.60. The van der Waals surface area contributed by atoms with Crippen molar-refractivity contribution in [2.45, 2.75) is 12.5 Å². The predicted molar refractivity (Wildman–Crippen MR) is 98.4 cm³/mol. The average molecular weight is 377 g/mol. The number of hydrogen-bond donors (Lipinski definition) is 2. The fourth-order valence-corrected chi connectivity index (χ4v) is 3.26. The number of carbonyl (C=O) groups excluding carboxylic acids is 2. The van der Waals surface area contributed by atoms with E-state index >= 15 is 0 Å². The molecule has 1 atom stereocenters. The molecule has 9 heteroatoms. The molecule has 0 aliphatic carbocycles. The van der Waals surface area contributed by atoms with E-state index in [1.54, 1.807) is 22.9 Å². The van der Waals surface area contributed by atoms with Crippen LogP contribution in [0.4, 0.5) is 11.9 Å². The maximum absolute atomic E-state index is 12.6. The summed E-state index contributed by atoms with van der Waals surface area (Å²) in [5, 5.41) is 9.74. The molecule has 0 radical (unpaired) electrons. The molecule has 5 rings (SSSR count). The highest BCUT2D eigenvalue weighted by molar-refractivity contribution is 6.04. The smallest absolute Gasteiger partial charge is 0.258 e. The minimum Gasteiger partial charge on any atom is -0.454 e. The molecular formula is C19H15N5O4. The first kappa shape index (κ1) is 16.3. The molecule has 9 nitrogen and oxygen atoms in total. The molecule has 0 bridgehead atoms. The van der Waals surface area contributed by atoms with Gasteiger partial charge in [-0.1, -0.05) is 30.3 Å². The van der Waals surface area contributed by atoms with Gasteiger partial charge in [0.2, 0.25) is 18.6 Å². The lowest BCUT2D eigenvalue weighted by Gasteiger charge is -2.23. The Kier molecular flexibility index (Phi) is 3.71. The van der Waals surface area contributed by atoms with Gasteiger partial charge in [0, 0.05) is 5.56 Å². The average Bonchev–Trinajstić information content (AvgIpc) is 3.33. The maximum Gasteiger partial charge on any atom is 0.258 e. The fourth-order valence-electron chi connectivity index (χ4n) is 3.26. The summed E-state index contributed by atoms with van der Waals surface area (Å²) in [4.78, 5) is 28.9. The lowest BCUT2D eigenvalue weighted by Crippen LogP contribution is -2.29. The molecule has 2 aliphatic rings. The zero-order valence-corrected chi connectivity index (χ0v) is 14.6. The SMILES string of the molecule is O=C1CC(c2ccccc2)n2nc(NC(=O)c3ccc4c(c3)OCO4)nc2N1. The van der Waals surface area contributed by atoms with Gasteiger partial charge in [-0.25, -0.2) is 4.68 Å². The number of fused-ring (bicyclic) bond motifs is 2. The minimum atomic E-state index is -0.385. The van der Waals surface area contributed by atoms with Crippen molar-refractivity contribution in [2.75, 3.05) is 17.4 Å². The van der Waals surface area contributed by atoms with Crippen LogP contribution in [0.25, 0.3) is 0 Å². The highest BCUT2D eigenvalue weighted by Gasteiger charge is 2.29. The molecule has 1 unspecified atom stereocenters. The van der Waals surface area contributed by atoms with Gasteiger partial charge < -0.3 is 9.47 Å². The van der Waals surface area contributed by atoms with Crippen LogP contribution in [0.3, 0.4) is 0 Å². The summed E-state index contributed by atoms with van der Waals surface area (Å²) >= 11 is 0. The van der Waals surface area contributed by atoms with E-state index in [1.165, 1.54) is 0 Å². The summed E-state index contributed by atoms with van der Waals surface area (Å²) in [6.07, 6.45) is 0.246. The molecule has 0 spiro atoms. The number of ether oxygens (including phenoxy) is 2. The van der Waals surface area contributed by atoms with Crippen LogP contribution >= 0.6 is 0 Å². The predicted octanol–water partition coefficient (Wildman–Crippen LogP) is 2.19. The molecule has 2 N–H and O–H groups in total. The molecule has 28 heavy (non-hydrogen) atoms. The fraction of sp³-hybridized carbons (Fsp3) is 0.158. The van der Waals surface area contributed by atoms with Gasteiger partial charge in [-0.2, -0.15) is 4.98 Å². The van der Waals surface area contributed by atoms with E-state index in [-0.39, 0.29) is 37.0 Å². The Labute approximate surface area is 159 Å². The van der Waals surface area contributed by atoms with Crippen LogP contribution in [-0.4, -0.2) is 33.4 Å².